The van der Waals surface area contributed by atoms with Crippen LogP contribution in [0.15, 0.2) is 71.0 Å². The molecule has 2 aromatic carbocycles. The second kappa shape index (κ2) is 6.80. The van der Waals surface area contributed by atoms with Gasteiger partial charge in [0.1, 0.15) is 17.2 Å². The van der Waals surface area contributed by atoms with E-state index in [2.05, 4.69) is 22.4 Å². The van der Waals surface area contributed by atoms with E-state index < -0.39 is 0 Å². The van der Waals surface area contributed by atoms with E-state index in [0.29, 0.717) is 18.4 Å². The van der Waals surface area contributed by atoms with E-state index in [9.17, 15) is 4.79 Å². The van der Waals surface area contributed by atoms with E-state index in [1.807, 2.05) is 58.8 Å². The number of hydrogen-bond acceptors (Lipinski definition) is 5. The minimum Gasteiger partial charge on any atom is -0.384 e. The van der Waals surface area contributed by atoms with Crippen molar-refractivity contribution in [3.8, 4) is 0 Å². The third-order valence-corrected chi connectivity index (χ3v) is 6.21. The van der Waals surface area contributed by atoms with Crippen molar-refractivity contribution in [2.75, 3.05) is 16.9 Å². The average molecular weight is 388 g/mol. The fourth-order valence-electron chi connectivity index (χ4n) is 3.71. The van der Waals surface area contributed by atoms with Crippen molar-refractivity contribution in [2.45, 2.75) is 12.3 Å². The van der Waals surface area contributed by atoms with Gasteiger partial charge in [0, 0.05) is 17.3 Å². The zero-order valence-electron chi connectivity index (χ0n) is 15.2. The Morgan fingerprint density at radius 1 is 1.11 bits per heavy atom. The number of anilines is 2. The summed E-state index contributed by atoms with van der Waals surface area (Å²) in [5, 5.41) is 6.02. The van der Waals surface area contributed by atoms with Gasteiger partial charge in [-0.3, -0.25) is 9.79 Å². The summed E-state index contributed by atoms with van der Waals surface area (Å²) < 4.78 is 0.982. The Kier molecular flexibility index (Phi) is 4.13. The number of thiophene rings is 1. The van der Waals surface area contributed by atoms with Gasteiger partial charge >= 0.3 is 0 Å². The van der Waals surface area contributed by atoms with Crippen LogP contribution in [0.4, 0.5) is 11.4 Å². The van der Waals surface area contributed by atoms with Crippen LogP contribution in [0.3, 0.4) is 0 Å². The molecule has 1 aliphatic carbocycles. The molecule has 3 aromatic rings. The molecule has 3 N–H and O–H groups in total. The molecule has 2 heterocycles. The van der Waals surface area contributed by atoms with Crippen molar-refractivity contribution >= 4 is 34.4 Å². The van der Waals surface area contributed by atoms with Crippen molar-refractivity contribution in [1.29, 1.82) is 0 Å². The molecule has 1 aliphatic heterocycles. The first-order valence-electron chi connectivity index (χ1n) is 9.32. The second-order valence-electron chi connectivity index (χ2n) is 7.15. The number of carbonyl (C=O) groups is 1. The largest absolute Gasteiger partial charge is 0.384 e. The summed E-state index contributed by atoms with van der Waals surface area (Å²) in [5.41, 5.74) is 9.33. The van der Waals surface area contributed by atoms with E-state index in [4.69, 9.17) is 5.73 Å². The molecule has 140 valence electrons. The first kappa shape index (κ1) is 17.0. The second-order valence-corrected chi connectivity index (χ2v) is 8.04. The Bertz CT molecular complexity index is 1140. The predicted octanol–water partition coefficient (Wildman–Crippen LogP) is 2.61. The molecule has 0 unspecified atom stereocenters. The first-order valence-corrected chi connectivity index (χ1v) is 10.2. The van der Waals surface area contributed by atoms with Gasteiger partial charge < -0.3 is 16.0 Å². The van der Waals surface area contributed by atoms with Crippen molar-refractivity contribution in [3.63, 3.8) is 0 Å². The van der Waals surface area contributed by atoms with Gasteiger partial charge in [-0.2, -0.15) is 0 Å². The maximum absolute atomic E-state index is 12.5. The summed E-state index contributed by atoms with van der Waals surface area (Å²) in [7, 11) is 0. The molecule has 1 aromatic heterocycles. The van der Waals surface area contributed by atoms with Crippen LogP contribution >= 0.6 is 11.3 Å². The summed E-state index contributed by atoms with van der Waals surface area (Å²) in [4.78, 5) is 19.1. The number of amides is 1. The van der Waals surface area contributed by atoms with Gasteiger partial charge in [0.15, 0.2) is 0 Å². The highest BCUT2D eigenvalue weighted by Gasteiger charge is 2.43. The quantitative estimate of drug-likeness (QED) is 0.722. The predicted molar refractivity (Wildman–Crippen MR) is 112 cm³/mol. The Hall–Kier alpha value is -3.12. The Morgan fingerprint density at radius 3 is 2.68 bits per heavy atom. The highest BCUT2D eigenvalue weighted by Crippen LogP contribution is 2.47. The minimum atomic E-state index is 0.0592. The number of carbonyl (C=O) groups excluding carboxylic acids is 1. The minimum absolute atomic E-state index is 0.0592. The van der Waals surface area contributed by atoms with Gasteiger partial charge in [-0.15, -0.1) is 11.3 Å². The maximum atomic E-state index is 12.5. The molecule has 5 rings (SSSR count). The van der Waals surface area contributed by atoms with Crippen LogP contribution in [-0.4, -0.2) is 12.6 Å². The Morgan fingerprint density at radius 2 is 1.89 bits per heavy atom. The maximum Gasteiger partial charge on any atom is 0.228 e. The van der Waals surface area contributed by atoms with Crippen LogP contribution in [0.25, 0.3) is 5.82 Å². The summed E-state index contributed by atoms with van der Waals surface area (Å²) in [5.74, 6) is 1.20. The molecule has 0 bridgehead atoms. The lowest BCUT2D eigenvalue weighted by Gasteiger charge is -2.24. The number of nitrogens with zero attached hydrogens (tertiary/aromatic N) is 2. The fourth-order valence-corrected chi connectivity index (χ4v) is 4.47. The van der Waals surface area contributed by atoms with Crippen LogP contribution in [0.5, 0.6) is 0 Å². The number of fused-ring (bicyclic) bond motifs is 1. The summed E-state index contributed by atoms with van der Waals surface area (Å²) in [6.07, 6.45) is 0.914. The highest BCUT2D eigenvalue weighted by molar-refractivity contribution is 7.07. The van der Waals surface area contributed by atoms with Crippen LogP contribution in [0, 0.1) is 5.92 Å². The lowest BCUT2D eigenvalue weighted by Crippen LogP contribution is -2.41. The zero-order valence-corrected chi connectivity index (χ0v) is 16.0. The molecular formula is C22H20N4OS. The Balaban J connectivity index is 1.27. The molecule has 0 radical (unpaired) electrons. The average Bonchev–Trinajstić information content (AvgIpc) is 3.39. The van der Waals surface area contributed by atoms with E-state index in [-0.39, 0.29) is 11.8 Å². The fraction of sp³-hybridized carbons (Fsp3) is 0.182. The summed E-state index contributed by atoms with van der Waals surface area (Å²) in [6, 6.07) is 20.0. The van der Waals surface area contributed by atoms with E-state index >= 15 is 0 Å². The number of rotatable bonds is 4. The van der Waals surface area contributed by atoms with Gasteiger partial charge in [0.05, 0.1) is 5.22 Å². The van der Waals surface area contributed by atoms with Crippen LogP contribution in [0.2, 0.25) is 0 Å². The lowest BCUT2D eigenvalue weighted by molar-refractivity contribution is -0.117. The molecular weight excluding hydrogens is 368 g/mol. The van der Waals surface area contributed by atoms with Crippen molar-refractivity contribution in [3.05, 3.63) is 81.5 Å². The summed E-state index contributed by atoms with van der Waals surface area (Å²) >= 11 is 1.60. The number of nitrogens with one attached hydrogen (secondary N) is 1. The number of benzene rings is 2. The van der Waals surface area contributed by atoms with Gasteiger partial charge in [-0.1, -0.05) is 30.3 Å². The zero-order chi connectivity index (χ0) is 19.1. The highest BCUT2D eigenvalue weighted by atomic mass is 32.1. The topological polar surface area (TPSA) is 70.7 Å². The number of hydrogen-bond donors (Lipinski definition) is 2. The normalized spacial score (nSPS) is 20.3. The molecule has 2 aliphatic rings. The van der Waals surface area contributed by atoms with Gasteiger partial charge in [-0.05, 0) is 53.6 Å². The third-order valence-electron chi connectivity index (χ3n) is 5.37. The van der Waals surface area contributed by atoms with Gasteiger partial charge in [0.25, 0.3) is 0 Å². The molecule has 2 atom stereocenters. The smallest absolute Gasteiger partial charge is 0.228 e. The molecule has 1 fully saturated rings. The number of nitrogens with two attached hydrogens (primary N) is 1. The molecule has 1 amide bonds. The third kappa shape index (κ3) is 3.05. The first-order chi connectivity index (χ1) is 13.7. The molecule has 0 spiro atoms. The molecule has 28 heavy (non-hydrogen) atoms. The van der Waals surface area contributed by atoms with Crippen LogP contribution in [0.1, 0.15) is 17.9 Å². The monoisotopic (exact) mass is 388 g/mol. The van der Waals surface area contributed by atoms with E-state index in [1.54, 1.807) is 11.3 Å². The lowest BCUT2D eigenvalue weighted by atomic mass is 10.1. The van der Waals surface area contributed by atoms with Gasteiger partial charge in [-0.25, -0.2) is 0 Å². The molecule has 6 heteroatoms. The van der Waals surface area contributed by atoms with E-state index in [0.717, 1.165) is 27.7 Å². The van der Waals surface area contributed by atoms with Crippen molar-refractivity contribution < 1.29 is 4.79 Å². The van der Waals surface area contributed by atoms with Crippen LogP contribution < -0.4 is 25.8 Å². The van der Waals surface area contributed by atoms with Crippen molar-refractivity contribution in [2.24, 2.45) is 16.6 Å². The standard InChI is InChI=1S/C22H20N4OS/c23-20-17-10-11-28-22(17)24-13-26(20)16-8-6-15(7-9-16)25-21(27)19-12-18(19)14-4-2-1-3-5-14/h1-11,18-19H,12-13,23H2,(H,25,27)/t18-,19+/m0/s1. The SMILES string of the molecule is NC1=c2ccsc2=NCN1c1ccc(NC(=O)[C@@H]2C[C@H]2c2ccccc2)cc1. The van der Waals surface area contributed by atoms with E-state index in [1.165, 1.54) is 5.56 Å². The Labute approximate surface area is 166 Å². The molecule has 5 nitrogen and oxygen atoms in total. The van der Waals surface area contributed by atoms with Gasteiger partial charge in [0.2, 0.25) is 5.91 Å². The molecule has 0 saturated heterocycles. The van der Waals surface area contributed by atoms with Crippen LogP contribution in [-0.2, 0) is 4.79 Å². The summed E-state index contributed by atoms with van der Waals surface area (Å²) in [6.45, 7) is 0.506. The van der Waals surface area contributed by atoms with Crippen molar-refractivity contribution in [1.82, 2.24) is 0 Å². The molecule has 1 saturated carbocycles.